The molecule has 1 saturated heterocycles. The molecule has 0 saturated carbocycles. The standard InChI is InChI=1S/C6H9NO2S/c1-3(2)4-5(8)7-6(9)10-4/h3-4H,1-2H3,(H,7,8,9)/t4-/m1/s1. The highest BCUT2D eigenvalue weighted by atomic mass is 32.2. The molecule has 1 atom stereocenters. The Kier molecular flexibility index (Phi) is 1.99. The molecule has 1 fully saturated rings. The van der Waals surface area contributed by atoms with Crippen LogP contribution in [0.4, 0.5) is 4.79 Å². The van der Waals surface area contributed by atoms with E-state index in [0.717, 1.165) is 11.8 Å². The fourth-order valence-corrected chi connectivity index (χ4v) is 1.64. The van der Waals surface area contributed by atoms with Gasteiger partial charge in [0, 0.05) is 0 Å². The van der Waals surface area contributed by atoms with Crippen molar-refractivity contribution in [3.63, 3.8) is 0 Å². The molecule has 0 aromatic carbocycles. The van der Waals surface area contributed by atoms with Crippen LogP contribution in [0.5, 0.6) is 0 Å². The summed E-state index contributed by atoms with van der Waals surface area (Å²) >= 11 is 1.08. The number of carbonyl (C=O) groups excluding carboxylic acids is 2. The van der Waals surface area contributed by atoms with Crippen molar-refractivity contribution in [2.24, 2.45) is 5.92 Å². The van der Waals surface area contributed by atoms with Gasteiger partial charge in [-0.2, -0.15) is 0 Å². The van der Waals surface area contributed by atoms with Gasteiger partial charge in [0.1, 0.15) is 0 Å². The zero-order chi connectivity index (χ0) is 7.72. The largest absolute Gasteiger partial charge is 0.286 e. The van der Waals surface area contributed by atoms with Gasteiger partial charge in [-0.1, -0.05) is 25.6 Å². The van der Waals surface area contributed by atoms with Crippen molar-refractivity contribution in [2.75, 3.05) is 0 Å². The topological polar surface area (TPSA) is 46.2 Å². The fourth-order valence-electron chi connectivity index (χ4n) is 0.809. The third-order valence-electron chi connectivity index (χ3n) is 1.32. The Bertz CT molecular complexity index is 179. The Morgan fingerprint density at radius 2 is 2.10 bits per heavy atom. The lowest BCUT2D eigenvalue weighted by atomic mass is 10.1. The molecule has 2 amide bonds. The van der Waals surface area contributed by atoms with Crippen LogP contribution in [0.2, 0.25) is 0 Å². The van der Waals surface area contributed by atoms with Gasteiger partial charge in [-0.25, -0.2) is 0 Å². The summed E-state index contributed by atoms with van der Waals surface area (Å²) in [6.45, 7) is 3.85. The molecule has 1 aliphatic rings. The summed E-state index contributed by atoms with van der Waals surface area (Å²) in [5, 5.41) is 1.84. The average molecular weight is 159 g/mol. The number of hydrogen-bond acceptors (Lipinski definition) is 3. The van der Waals surface area contributed by atoms with Gasteiger partial charge in [0.25, 0.3) is 5.24 Å². The van der Waals surface area contributed by atoms with Crippen LogP contribution in [-0.4, -0.2) is 16.4 Å². The Balaban J connectivity index is 2.63. The molecule has 1 aliphatic heterocycles. The first kappa shape index (κ1) is 7.60. The van der Waals surface area contributed by atoms with Crippen molar-refractivity contribution in [3.05, 3.63) is 0 Å². The predicted octanol–water partition coefficient (Wildman–Crippen LogP) is 0.994. The molecular weight excluding hydrogens is 150 g/mol. The molecule has 0 aromatic rings. The molecule has 0 bridgehead atoms. The minimum Gasteiger partial charge on any atom is -0.286 e. The van der Waals surface area contributed by atoms with E-state index in [1.54, 1.807) is 0 Å². The van der Waals surface area contributed by atoms with Gasteiger partial charge in [0.05, 0.1) is 5.25 Å². The van der Waals surface area contributed by atoms with E-state index in [1.807, 2.05) is 13.8 Å². The van der Waals surface area contributed by atoms with E-state index in [2.05, 4.69) is 5.32 Å². The number of thioether (sulfide) groups is 1. The normalized spacial score (nSPS) is 25.7. The maximum Gasteiger partial charge on any atom is 0.286 e. The highest BCUT2D eigenvalue weighted by Gasteiger charge is 2.33. The molecule has 56 valence electrons. The van der Waals surface area contributed by atoms with E-state index >= 15 is 0 Å². The minimum absolute atomic E-state index is 0.148. The van der Waals surface area contributed by atoms with Crippen LogP contribution in [0.1, 0.15) is 13.8 Å². The Morgan fingerprint density at radius 1 is 1.50 bits per heavy atom. The predicted molar refractivity (Wildman–Crippen MR) is 39.8 cm³/mol. The molecule has 0 aromatic heterocycles. The molecule has 0 spiro atoms. The van der Waals surface area contributed by atoms with Gasteiger partial charge in [-0.05, 0) is 5.92 Å². The van der Waals surface area contributed by atoms with Crippen LogP contribution in [-0.2, 0) is 4.79 Å². The van der Waals surface area contributed by atoms with Gasteiger partial charge in [0.15, 0.2) is 0 Å². The van der Waals surface area contributed by atoms with Gasteiger partial charge in [-0.3, -0.25) is 14.9 Å². The summed E-state index contributed by atoms with van der Waals surface area (Å²) in [6.07, 6.45) is 0. The smallest absolute Gasteiger partial charge is 0.286 e. The van der Waals surface area contributed by atoms with Crippen LogP contribution in [0.3, 0.4) is 0 Å². The molecule has 3 nitrogen and oxygen atoms in total. The SMILES string of the molecule is CC(C)[C@H]1SC(=O)NC1=O. The van der Waals surface area contributed by atoms with Crippen molar-refractivity contribution in [3.8, 4) is 0 Å². The monoisotopic (exact) mass is 159 g/mol. The molecule has 10 heavy (non-hydrogen) atoms. The van der Waals surface area contributed by atoms with Crippen LogP contribution in [0.25, 0.3) is 0 Å². The molecular formula is C6H9NO2S. The number of carbonyl (C=O) groups is 2. The first-order valence-corrected chi connectivity index (χ1v) is 4.00. The number of amides is 2. The maximum absolute atomic E-state index is 10.9. The van der Waals surface area contributed by atoms with Crippen LogP contribution >= 0.6 is 11.8 Å². The van der Waals surface area contributed by atoms with E-state index in [0.29, 0.717) is 0 Å². The van der Waals surface area contributed by atoms with Crippen molar-refractivity contribution >= 4 is 22.9 Å². The van der Waals surface area contributed by atoms with E-state index < -0.39 is 0 Å². The zero-order valence-corrected chi connectivity index (χ0v) is 6.70. The van der Waals surface area contributed by atoms with Gasteiger partial charge in [0.2, 0.25) is 5.91 Å². The number of rotatable bonds is 1. The first-order valence-electron chi connectivity index (χ1n) is 3.12. The van der Waals surface area contributed by atoms with Crippen molar-refractivity contribution < 1.29 is 9.59 Å². The second-order valence-corrected chi connectivity index (χ2v) is 3.67. The van der Waals surface area contributed by atoms with Crippen molar-refractivity contribution in [1.82, 2.24) is 5.32 Å². The van der Waals surface area contributed by atoms with E-state index in [9.17, 15) is 9.59 Å². The highest BCUT2D eigenvalue weighted by Crippen LogP contribution is 2.24. The molecule has 1 heterocycles. The quantitative estimate of drug-likeness (QED) is 0.620. The molecule has 4 heteroatoms. The van der Waals surface area contributed by atoms with E-state index in [4.69, 9.17) is 0 Å². The molecule has 1 N–H and O–H groups in total. The summed E-state index contributed by atoms with van der Waals surface area (Å²) in [4.78, 5) is 21.5. The second-order valence-electron chi connectivity index (χ2n) is 2.56. The number of imide groups is 1. The number of nitrogens with one attached hydrogen (secondary N) is 1. The summed E-state index contributed by atoms with van der Waals surface area (Å²) in [7, 11) is 0. The lowest BCUT2D eigenvalue weighted by molar-refractivity contribution is -0.119. The average Bonchev–Trinajstić information content (AvgIpc) is 2.10. The van der Waals surface area contributed by atoms with E-state index in [1.165, 1.54) is 0 Å². The first-order chi connectivity index (χ1) is 4.61. The van der Waals surface area contributed by atoms with Gasteiger partial charge in [-0.15, -0.1) is 0 Å². The molecule has 0 radical (unpaired) electrons. The van der Waals surface area contributed by atoms with Crippen LogP contribution < -0.4 is 5.32 Å². The van der Waals surface area contributed by atoms with Crippen LogP contribution in [0, 0.1) is 5.92 Å². The Morgan fingerprint density at radius 3 is 2.30 bits per heavy atom. The van der Waals surface area contributed by atoms with Gasteiger partial charge >= 0.3 is 0 Å². The third kappa shape index (κ3) is 1.31. The Labute approximate surface area is 63.6 Å². The van der Waals surface area contributed by atoms with Gasteiger partial charge < -0.3 is 0 Å². The molecule has 0 unspecified atom stereocenters. The number of hydrogen-bond donors (Lipinski definition) is 1. The molecule has 0 aliphatic carbocycles. The summed E-state index contributed by atoms with van der Waals surface area (Å²) < 4.78 is 0. The second kappa shape index (κ2) is 2.62. The maximum atomic E-state index is 10.9. The lowest BCUT2D eigenvalue weighted by Crippen LogP contribution is -2.27. The third-order valence-corrected chi connectivity index (χ3v) is 2.65. The minimum atomic E-state index is -0.219. The Hall–Kier alpha value is -0.510. The lowest BCUT2D eigenvalue weighted by Gasteiger charge is -2.06. The van der Waals surface area contributed by atoms with E-state index in [-0.39, 0.29) is 22.3 Å². The highest BCUT2D eigenvalue weighted by molar-refractivity contribution is 8.15. The van der Waals surface area contributed by atoms with Crippen molar-refractivity contribution in [1.29, 1.82) is 0 Å². The zero-order valence-electron chi connectivity index (χ0n) is 5.88. The molecule has 1 rings (SSSR count). The summed E-state index contributed by atoms with van der Waals surface area (Å²) in [5.41, 5.74) is 0. The summed E-state index contributed by atoms with van der Waals surface area (Å²) in [5.74, 6) is 0.0847. The fraction of sp³-hybridized carbons (Fsp3) is 0.667. The van der Waals surface area contributed by atoms with Crippen LogP contribution in [0.15, 0.2) is 0 Å². The summed E-state index contributed by atoms with van der Waals surface area (Å²) in [6, 6.07) is 0. The van der Waals surface area contributed by atoms with Crippen molar-refractivity contribution in [2.45, 2.75) is 19.1 Å².